The Balaban J connectivity index is 1.88. The van der Waals surface area contributed by atoms with E-state index < -0.39 is 0 Å². The first kappa shape index (κ1) is 20.3. The number of hydrogen-bond acceptors (Lipinski definition) is 2. The highest BCUT2D eigenvalue weighted by Crippen LogP contribution is 2.20. The molecular formula is C23H29FN2O2. The number of rotatable bonds is 6. The number of nitrogens with zero attached hydrogens (tertiary/aromatic N) is 1. The van der Waals surface area contributed by atoms with Crippen LogP contribution in [0.3, 0.4) is 0 Å². The van der Waals surface area contributed by atoms with Crippen LogP contribution in [0.2, 0.25) is 0 Å². The minimum Gasteiger partial charge on any atom is -0.348 e. The number of fused-ring (bicyclic) bond motifs is 1. The molecule has 0 radical (unpaired) electrons. The fourth-order valence-electron chi connectivity index (χ4n) is 3.83. The van der Waals surface area contributed by atoms with Crippen molar-refractivity contribution in [1.29, 1.82) is 0 Å². The molecule has 1 aromatic heterocycles. The van der Waals surface area contributed by atoms with Gasteiger partial charge >= 0.3 is 0 Å². The standard InChI is InChI=1S/C23H29FN2O2/c1-2-3-14-26-21-9-7-5-4-6-8-18(21)15-20(23(26)28)22(27)25-16-17-10-12-19(24)13-11-17/h10-13,15H,2-9,14,16H2,1H3,(H,25,27). The minimum atomic E-state index is -0.357. The Kier molecular flexibility index (Phi) is 7.01. The molecular weight excluding hydrogens is 355 g/mol. The summed E-state index contributed by atoms with van der Waals surface area (Å²) in [4.78, 5) is 25.9. The second-order valence-corrected chi connectivity index (χ2v) is 7.56. The second kappa shape index (κ2) is 9.67. The van der Waals surface area contributed by atoms with E-state index >= 15 is 0 Å². The van der Waals surface area contributed by atoms with Gasteiger partial charge in [-0.1, -0.05) is 38.3 Å². The van der Waals surface area contributed by atoms with Gasteiger partial charge in [0.1, 0.15) is 11.4 Å². The van der Waals surface area contributed by atoms with E-state index in [1.54, 1.807) is 12.1 Å². The second-order valence-electron chi connectivity index (χ2n) is 7.56. The molecule has 0 saturated heterocycles. The molecule has 0 aliphatic heterocycles. The molecule has 1 N–H and O–H groups in total. The lowest BCUT2D eigenvalue weighted by Crippen LogP contribution is -2.35. The van der Waals surface area contributed by atoms with Crippen LogP contribution in [0.15, 0.2) is 35.1 Å². The molecule has 0 atom stereocenters. The number of amides is 1. The molecule has 1 aromatic carbocycles. The van der Waals surface area contributed by atoms with Crippen LogP contribution in [-0.4, -0.2) is 10.5 Å². The Morgan fingerprint density at radius 3 is 2.54 bits per heavy atom. The highest BCUT2D eigenvalue weighted by atomic mass is 19.1. The summed E-state index contributed by atoms with van der Waals surface area (Å²) in [7, 11) is 0. The van der Waals surface area contributed by atoms with Crippen molar-refractivity contribution < 1.29 is 9.18 Å². The van der Waals surface area contributed by atoms with Crippen molar-refractivity contribution in [2.45, 2.75) is 71.4 Å². The number of benzene rings is 1. The number of carbonyl (C=O) groups is 1. The lowest BCUT2D eigenvalue weighted by Gasteiger charge is -2.21. The predicted octanol–water partition coefficient (Wildman–Crippen LogP) is 4.38. The lowest BCUT2D eigenvalue weighted by molar-refractivity contribution is 0.0948. The van der Waals surface area contributed by atoms with Crippen molar-refractivity contribution in [3.8, 4) is 0 Å². The molecule has 2 aromatic rings. The molecule has 0 unspecified atom stereocenters. The van der Waals surface area contributed by atoms with Gasteiger partial charge in [-0.15, -0.1) is 0 Å². The fraction of sp³-hybridized carbons (Fsp3) is 0.478. The largest absolute Gasteiger partial charge is 0.348 e. The third-order valence-corrected chi connectivity index (χ3v) is 5.45. The maximum atomic E-state index is 13.1. The van der Waals surface area contributed by atoms with E-state index in [9.17, 15) is 14.0 Å². The van der Waals surface area contributed by atoms with Crippen molar-refractivity contribution >= 4 is 5.91 Å². The third kappa shape index (κ3) is 4.89. The smallest absolute Gasteiger partial charge is 0.263 e. The topological polar surface area (TPSA) is 51.1 Å². The van der Waals surface area contributed by atoms with Gasteiger partial charge in [-0.25, -0.2) is 4.39 Å². The molecule has 0 saturated carbocycles. The molecule has 5 heteroatoms. The number of hydrogen-bond donors (Lipinski definition) is 1. The summed E-state index contributed by atoms with van der Waals surface area (Å²) in [5.41, 5.74) is 3.09. The SMILES string of the molecule is CCCCn1c2c(cc(C(=O)NCc3ccc(F)cc3)c1=O)CCCCCC2. The summed E-state index contributed by atoms with van der Waals surface area (Å²) in [5, 5.41) is 2.82. The van der Waals surface area contributed by atoms with E-state index in [0.717, 1.165) is 55.3 Å². The van der Waals surface area contributed by atoms with E-state index in [-0.39, 0.29) is 29.4 Å². The maximum absolute atomic E-state index is 13.1. The van der Waals surface area contributed by atoms with Crippen molar-refractivity contribution in [2.24, 2.45) is 0 Å². The molecule has 1 amide bonds. The van der Waals surface area contributed by atoms with Gasteiger partial charge in [0.15, 0.2) is 0 Å². The van der Waals surface area contributed by atoms with Crippen LogP contribution in [0.25, 0.3) is 0 Å². The number of halogens is 1. The number of unbranched alkanes of at least 4 members (excludes halogenated alkanes) is 1. The number of pyridine rings is 1. The van der Waals surface area contributed by atoms with Crippen LogP contribution in [0, 0.1) is 5.82 Å². The van der Waals surface area contributed by atoms with Crippen LogP contribution in [0.1, 0.15) is 72.6 Å². The molecule has 150 valence electrons. The summed E-state index contributed by atoms with van der Waals surface area (Å²) >= 11 is 0. The quantitative estimate of drug-likeness (QED) is 0.804. The van der Waals surface area contributed by atoms with Crippen LogP contribution in [-0.2, 0) is 25.9 Å². The van der Waals surface area contributed by atoms with Crippen molar-refractivity contribution in [1.82, 2.24) is 9.88 Å². The average Bonchev–Trinajstić information content (AvgIpc) is 2.67. The van der Waals surface area contributed by atoms with Gasteiger partial charge in [0.25, 0.3) is 11.5 Å². The molecule has 3 rings (SSSR count). The van der Waals surface area contributed by atoms with Crippen molar-refractivity contribution in [2.75, 3.05) is 0 Å². The first-order valence-electron chi connectivity index (χ1n) is 10.4. The van der Waals surface area contributed by atoms with Crippen molar-refractivity contribution in [3.05, 3.63) is 68.9 Å². The van der Waals surface area contributed by atoms with Crippen molar-refractivity contribution in [3.63, 3.8) is 0 Å². The molecule has 1 heterocycles. The zero-order valence-corrected chi connectivity index (χ0v) is 16.6. The van der Waals surface area contributed by atoms with Gasteiger partial charge in [0.2, 0.25) is 0 Å². The number of aryl methyl sites for hydroxylation is 1. The minimum absolute atomic E-state index is 0.190. The van der Waals surface area contributed by atoms with E-state index in [1.807, 2.05) is 10.6 Å². The highest BCUT2D eigenvalue weighted by molar-refractivity contribution is 5.94. The molecule has 1 aliphatic carbocycles. The van der Waals surface area contributed by atoms with Crippen LogP contribution in [0.5, 0.6) is 0 Å². The third-order valence-electron chi connectivity index (χ3n) is 5.45. The number of carbonyl (C=O) groups excluding carboxylic acids is 1. The summed E-state index contributed by atoms with van der Waals surface area (Å²) < 4.78 is 14.9. The van der Waals surface area contributed by atoms with Gasteiger partial charge in [-0.3, -0.25) is 9.59 Å². The van der Waals surface area contributed by atoms with Crippen LogP contribution >= 0.6 is 0 Å². The van der Waals surface area contributed by atoms with Gasteiger partial charge in [-0.05, 0) is 61.4 Å². The Labute approximate surface area is 165 Å². The molecule has 28 heavy (non-hydrogen) atoms. The molecule has 0 bridgehead atoms. The summed E-state index contributed by atoms with van der Waals surface area (Å²) in [6.45, 7) is 3.04. The summed E-state index contributed by atoms with van der Waals surface area (Å²) in [6.07, 6.45) is 8.33. The van der Waals surface area contributed by atoms with Gasteiger partial charge in [0, 0.05) is 18.8 Å². The zero-order chi connectivity index (χ0) is 19.9. The molecule has 4 nitrogen and oxygen atoms in total. The van der Waals surface area contributed by atoms with Gasteiger partial charge in [0.05, 0.1) is 0 Å². The zero-order valence-electron chi connectivity index (χ0n) is 16.6. The first-order valence-corrected chi connectivity index (χ1v) is 10.4. The summed E-state index contributed by atoms with van der Waals surface area (Å²) in [5.74, 6) is -0.667. The van der Waals surface area contributed by atoms with Crippen LogP contribution < -0.4 is 10.9 Å². The Morgan fingerprint density at radius 1 is 1.11 bits per heavy atom. The molecule has 1 aliphatic rings. The van der Waals surface area contributed by atoms with E-state index in [2.05, 4.69) is 12.2 Å². The molecule has 0 spiro atoms. The van der Waals surface area contributed by atoms with E-state index in [0.29, 0.717) is 6.54 Å². The van der Waals surface area contributed by atoms with E-state index in [4.69, 9.17) is 0 Å². The number of nitrogens with one attached hydrogen (secondary N) is 1. The van der Waals surface area contributed by atoms with Gasteiger partial charge in [-0.2, -0.15) is 0 Å². The Bertz CT molecular complexity index is 871. The average molecular weight is 384 g/mol. The Hall–Kier alpha value is -2.43. The lowest BCUT2D eigenvalue weighted by atomic mass is 9.95. The Morgan fingerprint density at radius 2 is 1.82 bits per heavy atom. The normalized spacial score (nSPS) is 14.1. The molecule has 0 fully saturated rings. The summed E-state index contributed by atoms with van der Waals surface area (Å²) in [6, 6.07) is 7.81. The monoisotopic (exact) mass is 384 g/mol. The van der Waals surface area contributed by atoms with Crippen LogP contribution in [0.4, 0.5) is 4.39 Å². The van der Waals surface area contributed by atoms with Gasteiger partial charge < -0.3 is 9.88 Å². The fourth-order valence-corrected chi connectivity index (χ4v) is 3.83. The number of aromatic nitrogens is 1. The first-order chi connectivity index (χ1) is 13.6. The highest BCUT2D eigenvalue weighted by Gasteiger charge is 2.19. The predicted molar refractivity (Wildman–Crippen MR) is 109 cm³/mol. The van der Waals surface area contributed by atoms with E-state index in [1.165, 1.54) is 25.0 Å². The maximum Gasteiger partial charge on any atom is 0.263 e.